The molecule has 0 aliphatic heterocycles. The first kappa shape index (κ1) is 11.9. The molecule has 0 spiro atoms. The second kappa shape index (κ2) is 4.84. The van der Waals surface area contributed by atoms with Crippen LogP contribution in [0.1, 0.15) is 30.7 Å². The number of hydrogen-bond acceptors (Lipinski definition) is 3. The van der Waals surface area contributed by atoms with Crippen molar-refractivity contribution in [3.63, 3.8) is 0 Å². The van der Waals surface area contributed by atoms with E-state index in [-0.39, 0.29) is 12.3 Å². The molecule has 19 heavy (non-hydrogen) atoms. The number of carbonyl (C=O) groups is 1. The molecule has 1 aromatic carbocycles. The van der Waals surface area contributed by atoms with Crippen molar-refractivity contribution in [2.24, 2.45) is 5.92 Å². The number of aliphatic carboxylic acids is 1. The maximum Gasteiger partial charge on any atom is 0.303 e. The predicted molar refractivity (Wildman–Crippen MR) is 69.1 cm³/mol. The molecule has 2 aromatic rings. The molecule has 1 fully saturated rings. The van der Waals surface area contributed by atoms with E-state index in [4.69, 9.17) is 5.11 Å². The molecule has 1 aliphatic rings. The minimum Gasteiger partial charge on any atom is -0.481 e. The minimum atomic E-state index is -0.733. The lowest BCUT2D eigenvalue weighted by Crippen LogP contribution is -2.09. The van der Waals surface area contributed by atoms with Gasteiger partial charge in [-0.3, -0.25) is 4.79 Å². The number of aromatic nitrogens is 3. The Bertz CT molecular complexity index is 576. The van der Waals surface area contributed by atoms with Crippen molar-refractivity contribution in [3.05, 3.63) is 42.2 Å². The molecule has 98 valence electrons. The first-order valence-corrected chi connectivity index (χ1v) is 6.42. The highest BCUT2D eigenvalue weighted by Crippen LogP contribution is 2.44. The van der Waals surface area contributed by atoms with E-state index in [0.717, 1.165) is 24.1 Å². The fraction of sp³-hybridized carbons (Fsp3) is 0.357. The van der Waals surface area contributed by atoms with Crippen molar-refractivity contribution >= 4 is 5.97 Å². The number of rotatable bonds is 5. The largest absolute Gasteiger partial charge is 0.481 e. The lowest BCUT2D eigenvalue weighted by atomic mass is 9.91. The normalized spacial score (nSPS) is 16.2. The van der Waals surface area contributed by atoms with Crippen LogP contribution in [-0.4, -0.2) is 26.1 Å². The third kappa shape index (κ3) is 2.65. The molecule has 1 heterocycles. The molecule has 1 atom stereocenters. The summed E-state index contributed by atoms with van der Waals surface area (Å²) in [6, 6.07) is 7.92. The van der Waals surface area contributed by atoms with Gasteiger partial charge in [0.25, 0.3) is 0 Å². The molecule has 1 unspecified atom stereocenters. The molecule has 0 amide bonds. The minimum absolute atomic E-state index is 0.112. The van der Waals surface area contributed by atoms with Crippen LogP contribution >= 0.6 is 0 Å². The summed E-state index contributed by atoms with van der Waals surface area (Å²) in [7, 11) is 0. The quantitative estimate of drug-likeness (QED) is 0.891. The van der Waals surface area contributed by atoms with E-state index in [2.05, 4.69) is 10.3 Å². The third-order valence-electron chi connectivity index (χ3n) is 3.57. The average Bonchev–Trinajstić information content (AvgIpc) is 3.09. The van der Waals surface area contributed by atoms with Crippen molar-refractivity contribution < 1.29 is 9.90 Å². The van der Waals surface area contributed by atoms with Crippen LogP contribution in [0.2, 0.25) is 0 Å². The molecule has 1 aromatic heterocycles. The van der Waals surface area contributed by atoms with Gasteiger partial charge in [0.2, 0.25) is 0 Å². The molecule has 1 saturated carbocycles. The van der Waals surface area contributed by atoms with Crippen molar-refractivity contribution in [1.29, 1.82) is 0 Å². The lowest BCUT2D eigenvalue weighted by Gasteiger charge is -2.15. The van der Waals surface area contributed by atoms with Gasteiger partial charge in [-0.25, -0.2) is 4.68 Å². The fourth-order valence-electron chi connectivity index (χ4n) is 2.49. The van der Waals surface area contributed by atoms with Crippen molar-refractivity contribution in [3.8, 4) is 5.69 Å². The van der Waals surface area contributed by atoms with Crippen LogP contribution in [-0.2, 0) is 4.79 Å². The molecule has 0 saturated heterocycles. The first-order valence-electron chi connectivity index (χ1n) is 6.42. The maximum absolute atomic E-state index is 11.0. The van der Waals surface area contributed by atoms with Crippen LogP contribution in [0.3, 0.4) is 0 Å². The van der Waals surface area contributed by atoms with Crippen LogP contribution in [0, 0.1) is 5.92 Å². The van der Waals surface area contributed by atoms with E-state index in [9.17, 15) is 4.79 Å². The zero-order chi connectivity index (χ0) is 13.2. The third-order valence-corrected chi connectivity index (χ3v) is 3.57. The van der Waals surface area contributed by atoms with Gasteiger partial charge in [0.05, 0.1) is 24.5 Å². The van der Waals surface area contributed by atoms with Crippen LogP contribution in [0.25, 0.3) is 5.69 Å². The van der Waals surface area contributed by atoms with Gasteiger partial charge in [0.15, 0.2) is 0 Å². The predicted octanol–water partition coefficient (Wildman–Crippen LogP) is 2.24. The number of carboxylic acids is 1. The summed E-state index contributed by atoms with van der Waals surface area (Å²) in [5, 5.41) is 16.8. The van der Waals surface area contributed by atoms with E-state index in [1.807, 2.05) is 24.3 Å². The Labute approximate surface area is 110 Å². The molecule has 1 aliphatic carbocycles. The Kier molecular flexibility index (Phi) is 3.03. The average molecular weight is 257 g/mol. The molecule has 5 nitrogen and oxygen atoms in total. The summed E-state index contributed by atoms with van der Waals surface area (Å²) in [6.45, 7) is 0. The Morgan fingerprint density at radius 3 is 2.95 bits per heavy atom. The maximum atomic E-state index is 11.0. The molecular weight excluding hydrogens is 242 g/mol. The summed E-state index contributed by atoms with van der Waals surface area (Å²) in [6.07, 6.45) is 5.87. The van der Waals surface area contributed by atoms with Gasteiger partial charge in [0, 0.05) is 0 Å². The molecule has 3 rings (SSSR count). The van der Waals surface area contributed by atoms with Gasteiger partial charge in [-0.15, -0.1) is 5.10 Å². The Morgan fingerprint density at radius 1 is 1.47 bits per heavy atom. The second-order valence-electron chi connectivity index (χ2n) is 4.98. The van der Waals surface area contributed by atoms with Crippen LogP contribution in [0.5, 0.6) is 0 Å². The highest BCUT2D eigenvalue weighted by Gasteiger charge is 2.33. The second-order valence-corrected chi connectivity index (χ2v) is 4.98. The first-order chi connectivity index (χ1) is 9.24. The smallest absolute Gasteiger partial charge is 0.303 e. The summed E-state index contributed by atoms with van der Waals surface area (Å²) in [5.41, 5.74) is 2.00. The molecule has 1 N–H and O–H groups in total. The molecule has 5 heteroatoms. The number of benzene rings is 1. The van der Waals surface area contributed by atoms with E-state index >= 15 is 0 Å². The van der Waals surface area contributed by atoms with Gasteiger partial charge < -0.3 is 5.11 Å². The van der Waals surface area contributed by atoms with Gasteiger partial charge >= 0.3 is 5.97 Å². The van der Waals surface area contributed by atoms with E-state index in [0.29, 0.717) is 5.92 Å². The summed E-state index contributed by atoms with van der Waals surface area (Å²) < 4.78 is 1.69. The fourth-order valence-corrected chi connectivity index (χ4v) is 2.49. The SMILES string of the molecule is O=C(O)CC(c1cccc(-n2ccnn2)c1)C1CC1. The number of carboxylic acid groups (broad SMARTS) is 1. The molecule has 0 bridgehead atoms. The van der Waals surface area contributed by atoms with E-state index < -0.39 is 5.97 Å². The van der Waals surface area contributed by atoms with Crippen molar-refractivity contribution in [2.75, 3.05) is 0 Å². The Hall–Kier alpha value is -2.17. The van der Waals surface area contributed by atoms with Crippen molar-refractivity contribution in [1.82, 2.24) is 15.0 Å². The van der Waals surface area contributed by atoms with Crippen LogP contribution in [0.15, 0.2) is 36.7 Å². The van der Waals surface area contributed by atoms with E-state index in [1.54, 1.807) is 17.1 Å². The molecular formula is C14H15N3O2. The summed E-state index contributed by atoms with van der Waals surface area (Å²) in [4.78, 5) is 11.0. The number of nitrogens with zero attached hydrogens (tertiary/aromatic N) is 3. The zero-order valence-corrected chi connectivity index (χ0v) is 10.4. The van der Waals surface area contributed by atoms with Crippen molar-refractivity contribution in [2.45, 2.75) is 25.2 Å². The van der Waals surface area contributed by atoms with Crippen LogP contribution in [0.4, 0.5) is 0 Å². The molecule has 0 radical (unpaired) electrons. The lowest BCUT2D eigenvalue weighted by molar-refractivity contribution is -0.137. The van der Waals surface area contributed by atoms with Gasteiger partial charge in [0.1, 0.15) is 0 Å². The topological polar surface area (TPSA) is 68.0 Å². The highest BCUT2D eigenvalue weighted by molar-refractivity contribution is 5.68. The number of hydrogen-bond donors (Lipinski definition) is 1. The monoisotopic (exact) mass is 257 g/mol. The Morgan fingerprint density at radius 2 is 2.32 bits per heavy atom. The van der Waals surface area contributed by atoms with Gasteiger partial charge in [-0.1, -0.05) is 17.3 Å². The standard InChI is InChI=1S/C14H15N3O2/c18-14(19)9-13(10-4-5-10)11-2-1-3-12(8-11)17-7-6-15-16-17/h1-3,6-8,10,13H,4-5,9H2,(H,18,19). The van der Waals surface area contributed by atoms with Gasteiger partial charge in [-0.05, 0) is 42.4 Å². The van der Waals surface area contributed by atoms with Crippen LogP contribution < -0.4 is 0 Å². The van der Waals surface area contributed by atoms with E-state index in [1.165, 1.54) is 0 Å². The Balaban J connectivity index is 1.90. The zero-order valence-electron chi connectivity index (χ0n) is 10.4. The summed E-state index contributed by atoms with van der Waals surface area (Å²) >= 11 is 0. The highest BCUT2D eigenvalue weighted by atomic mass is 16.4. The van der Waals surface area contributed by atoms with Gasteiger partial charge in [-0.2, -0.15) is 0 Å². The summed E-state index contributed by atoms with van der Waals surface area (Å²) in [5.74, 6) is -0.105.